The Bertz CT molecular complexity index is 675. The highest BCUT2D eigenvalue weighted by atomic mass is 33.1. The molecule has 0 radical (unpaired) electrons. The third kappa shape index (κ3) is 40.3. The normalized spacial score (nSPS) is 12.8. The number of hydrogen-bond donors (Lipinski definition) is 2. The topological polar surface area (TPSA) is 71.4 Å². The van der Waals surface area contributed by atoms with Gasteiger partial charge in [-0.2, -0.15) is 0 Å². The molecule has 0 spiro atoms. The maximum Gasteiger partial charge on any atom is 0.333 e. The fourth-order valence-electron chi connectivity index (χ4n) is 6.68. The second-order valence-corrected chi connectivity index (χ2v) is 21.6. The van der Waals surface area contributed by atoms with Crippen LogP contribution >= 0.6 is 21.6 Å². The molecule has 314 valence electrons. The third-order valence-corrected chi connectivity index (χ3v) is 14.2. The molecular weight excluding hydrogens is 703 g/mol. The molecule has 9 heteroatoms. The van der Waals surface area contributed by atoms with E-state index in [-0.39, 0.29) is 19.5 Å². The van der Waals surface area contributed by atoms with Crippen LogP contribution in [0.3, 0.4) is 0 Å². The average molecular weight is 794 g/mol. The zero-order valence-electron chi connectivity index (χ0n) is 35.3. The van der Waals surface area contributed by atoms with E-state index < -0.39 is 8.56 Å². The number of ether oxygens (including phenoxy) is 1. The van der Waals surface area contributed by atoms with Crippen molar-refractivity contribution < 1.29 is 23.8 Å². The lowest BCUT2D eigenvalue weighted by Gasteiger charge is -2.29. The molecule has 1 atom stereocenters. The summed E-state index contributed by atoms with van der Waals surface area (Å²) in [6, 6.07) is 0. The van der Waals surface area contributed by atoms with Crippen LogP contribution in [0, 0.1) is 0 Å². The van der Waals surface area contributed by atoms with E-state index >= 15 is 0 Å². The minimum atomic E-state index is -2.30. The molecule has 0 aromatic heterocycles. The van der Waals surface area contributed by atoms with Crippen molar-refractivity contribution in [2.75, 3.05) is 57.6 Å². The van der Waals surface area contributed by atoms with Gasteiger partial charge in [-0.05, 0) is 45.3 Å². The van der Waals surface area contributed by atoms with Crippen LogP contribution in [-0.4, -0.2) is 87.5 Å². The molecule has 0 amide bonds. The lowest BCUT2D eigenvalue weighted by atomic mass is 10.0. The van der Waals surface area contributed by atoms with Gasteiger partial charge >= 0.3 is 8.56 Å². The van der Waals surface area contributed by atoms with E-state index in [1.54, 1.807) is 0 Å². The van der Waals surface area contributed by atoms with E-state index in [0.29, 0.717) is 13.1 Å². The van der Waals surface area contributed by atoms with Crippen molar-refractivity contribution in [1.29, 1.82) is 0 Å². The molecule has 52 heavy (non-hydrogen) atoms. The van der Waals surface area contributed by atoms with Crippen LogP contribution in [0.25, 0.3) is 0 Å². The summed E-state index contributed by atoms with van der Waals surface area (Å²) < 4.78 is 19.4. The SMILES string of the molecule is CCCCCCCCCCCCCCCCOC(CCSSCCCCCCCCCCCC)O[Si](C)(C)OCCCCCCN(CCO)CCO. The number of aliphatic hydroxyl groups is 2. The highest BCUT2D eigenvalue weighted by Gasteiger charge is 2.29. The summed E-state index contributed by atoms with van der Waals surface area (Å²) >= 11 is 0. The quantitative estimate of drug-likeness (QED) is 0.0273. The average Bonchev–Trinajstić information content (AvgIpc) is 3.12. The minimum Gasteiger partial charge on any atom is -0.395 e. The molecule has 0 aliphatic heterocycles. The first kappa shape index (κ1) is 52.7. The van der Waals surface area contributed by atoms with Crippen LogP contribution in [0.5, 0.6) is 0 Å². The second-order valence-electron chi connectivity index (χ2n) is 15.6. The molecule has 6 nitrogen and oxygen atoms in total. The van der Waals surface area contributed by atoms with Crippen LogP contribution < -0.4 is 0 Å². The molecule has 0 heterocycles. The highest BCUT2D eigenvalue weighted by molar-refractivity contribution is 8.76. The van der Waals surface area contributed by atoms with Gasteiger partial charge in [0.15, 0.2) is 0 Å². The van der Waals surface area contributed by atoms with Gasteiger partial charge in [0.05, 0.1) is 13.2 Å². The summed E-state index contributed by atoms with van der Waals surface area (Å²) in [7, 11) is 1.72. The van der Waals surface area contributed by atoms with Gasteiger partial charge in [-0.1, -0.05) is 190 Å². The van der Waals surface area contributed by atoms with Crippen molar-refractivity contribution in [1.82, 2.24) is 4.90 Å². The minimum absolute atomic E-state index is 0.147. The van der Waals surface area contributed by atoms with Gasteiger partial charge in [-0.3, -0.25) is 4.90 Å². The first-order valence-electron chi connectivity index (χ1n) is 22.6. The zero-order chi connectivity index (χ0) is 38.1. The van der Waals surface area contributed by atoms with E-state index in [0.717, 1.165) is 64.0 Å². The Kier molecular flexibility index (Phi) is 43.4. The summed E-state index contributed by atoms with van der Waals surface area (Å²) in [6.45, 7) is 13.0. The summed E-state index contributed by atoms with van der Waals surface area (Å²) in [6.07, 6.45) is 38.3. The number of hydrogen-bond acceptors (Lipinski definition) is 8. The monoisotopic (exact) mass is 794 g/mol. The maximum absolute atomic E-state index is 9.21. The van der Waals surface area contributed by atoms with Crippen molar-refractivity contribution >= 4 is 30.1 Å². The standard InChI is InChI=1S/C43H91NO5S2Si/c1-5-7-9-11-13-15-17-18-19-20-21-23-26-30-39-47-43(33-42-51-50-41-32-28-24-22-16-14-12-10-8-6-2)49-52(3,4)48-40-31-27-25-29-34-44(35-37-45)36-38-46/h43,45-46H,5-42H2,1-4H3. The first-order valence-corrected chi connectivity index (χ1v) is 27.9. The number of unbranched alkanes of at least 4 members (excludes halogenated alkanes) is 25. The molecule has 1 unspecified atom stereocenters. The molecule has 0 aromatic rings. The van der Waals surface area contributed by atoms with Crippen LogP contribution in [0.1, 0.15) is 200 Å². The van der Waals surface area contributed by atoms with Crippen LogP contribution in [0.15, 0.2) is 0 Å². The summed E-state index contributed by atoms with van der Waals surface area (Å²) in [5.74, 6) is 2.30. The van der Waals surface area contributed by atoms with Crippen LogP contribution in [-0.2, 0) is 13.6 Å². The number of aliphatic hydroxyl groups excluding tert-OH is 2. The maximum atomic E-state index is 9.21. The number of rotatable bonds is 45. The molecule has 0 saturated carbocycles. The van der Waals surface area contributed by atoms with Crippen LogP contribution in [0.4, 0.5) is 0 Å². The van der Waals surface area contributed by atoms with E-state index in [9.17, 15) is 10.2 Å². The summed E-state index contributed by atoms with van der Waals surface area (Å²) in [5, 5.41) is 18.4. The van der Waals surface area contributed by atoms with Crippen molar-refractivity contribution in [2.24, 2.45) is 0 Å². The smallest absolute Gasteiger partial charge is 0.333 e. The summed E-state index contributed by atoms with van der Waals surface area (Å²) in [4.78, 5) is 2.13. The molecule has 2 N–H and O–H groups in total. The Labute approximate surface area is 334 Å². The Morgan fingerprint density at radius 1 is 0.481 bits per heavy atom. The molecule has 0 fully saturated rings. The van der Waals surface area contributed by atoms with Gasteiger partial charge in [0.25, 0.3) is 0 Å². The fraction of sp³-hybridized carbons (Fsp3) is 1.00. The Morgan fingerprint density at radius 2 is 0.885 bits per heavy atom. The lowest BCUT2D eigenvalue weighted by molar-refractivity contribution is -0.0997. The molecule has 0 rings (SSSR count). The zero-order valence-corrected chi connectivity index (χ0v) is 38.0. The van der Waals surface area contributed by atoms with Gasteiger partial charge < -0.3 is 23.8 Å². The van der Waals surface area contributed by atoms with Gasteiger partial charge in [-0.25, -0.2) is 0 Å². The Morgan fingerprint density at radius 3 is 1.37 bits per heavy atom. The molecule has 0 saturated heterocycles. The summed E-state index contributed by atoms with van der Waals surface area (Å²) in [5.41, 5.74) is 0. The van der Waals surface area contributed by atoms with Gasteiger partial charge in [-0.15, -0.1) is 0 Å². The largest absolute Gasteiger partial charge is 0.395 e. The van der Waals surface area contributed by atoms with E-state index in [4.69, 9.17) is 13.6 Å². The van der Waals surface area contributed by atoms with E-state index in [2.05, 4.69) is 31.8 Å². The second kappa shape index (κ2) is 42.8. The lowest BCUT2D eigenvalue weighted by Crippen LogP contribution is -2.40. The third-order valence-electron chi connectivity index (χ3n) is 9.97. The predicted octanol–water partition coefficient (Wildman–Crippen LogP) is 13.1. The van der Waals surface area contributed by atoms with Crippen molar-refractivity contribution in [3.63, 3.8) is 0 Å². The van der Waals surface area contributed by atoms with Crippen molar-refractivity contribution in [2.45, 2.75) is 219 Å². The molecule has 0 aliphatic rings. The predicted molar refractivity (Wildman–Crippen MR) is 235 cm³/mol. The Balaban J connectivity index is 4.28. The van der Waals surface area contributed by atoms with E-state index in [1.165, 1.54) is 153 Å². The number of nitrogens with zero attached hydrogens (tertiary/aromatic N) is 1. The first-order chi connectivity index (χ1) is 25.5. The van der Waals surface area contributed by atoms with Crippen molar-refractivity contribution in [3.8, 4) is 0 Å². The van der Waals surface area contributed by atoms with Gasteiger partial charge in [0, 0.05) is 44.2 Å². The van der Waals surface area contributed by atoms with Crippen molar-refractivity contribution in [3.05, 3.63) is 0 Å². The van der Waals surface area contributed by atoms with E-state index in [1.807, 2.05) is 21.6 Å². The van der Waals surface area contributed by atoms with Gasteiger partial charge in [0.1, 0.15) is 6.29 Å². The molecule has 0 aromatic carbocycles. The highest BCUT2D eigenvalue weighted by Crippen LogP contribution is 2.26. The molecule has 0 aliphatic carbocycles. The van der Waals surface area contributed by atoms with Gasteiger partial charge in [0.2, 0.25) is 0 Å². The fourth-order valence-corrected chi connectivity index (χ4v) is 10.4. The Hall–Kier alpha value is 0.677. The van der Waals surface area contributed by atoms with Crippen LogP contribution in [0.2, 0.25) is 13.1 Å². The molecule has 0 bridgehead atoms. The molecular formula is C43H91NO5S2Si.